The Kier molecular flexibility index (Phi) is 4.75. The molecule has 0 saturated heterocycles. The van der Waals surface area contributed by atoms with Crippen LogP contribution in [0.4, 0.5) is 0 Å². The molecule has 1 saturated carbocycles. The molecular formula is C11H20N2O2S. The highest BCUT2D eigenvalue weighted by Gasteiger charge is 2.31. The standard InChI is InChI=1S/C11H20N2O2S/c1-10(2)8-13(7-3-6-12)16(14,15)9-11-4-5-11/h10-11H,3-5,7-9H2,1-2H3. The molecule has 0 amide bonds. The molecule has 0 heterocycles. The summed E-state index contributed by atoms with van der Waals surface area (Å²) < 4.78 is 25.6. The van der Waals surface area contributed by atoms with E-state index in [0.717, 1.165) is 12.8 Å². The maximum Gasteiger partial charge on any atom is 0.214 e. The van der Waals surface area contributed by atoms with Gasteiger partial charge in [0, 0.05) is 19.5 Å². The molecule has 0 unspecified atom stereocenters. The lowest BCUT2D eigenvalue weighted by Crippen LogP contribution is -2.37. The highest BCUT2D eigenvalue weighted by atomic mass is 32.2. The van der Waals surface area contributed by atoms with Crippen LogP contribution < -0.4 is 0 Å². The average molecular weight is 244 g/mol. The largest absolute Gasteiger partial charge is 0.214 e. The van der Waals surface area contributed by atoms with Gasteiger partial charge in [0.15, 0.2) is 0 Å². The van der Waals surface area contributed by atoms with Crippen LogP contribution in [0, 0.1) is 23.2 Å². The predicted molar refractivity (Wildman–Crippen MR) is 63.2 cm³/mol. The minimum atomic E-state index is -3.14. The Labute approximate surface area is 98.3 Å². The lowest BCUT2D eigenvalue weighted by Gasteiger charge is -2.22. The highest BCUT2D eigenvalue weighted by Crippen LogP contribution is 2.31. The third-order valence-electron chi connectivity index (χ3n) is 2.58. The zero-order valence-corrected chi connectivity index (χ0v) is 10.8. The van der Waals surface area contributed by atoms with Crippen LogP contribution in [0.25, 0.3) is 0 Å². The summed E-state index contributed by atoms with van der Waals surface area (Å²) in [5.41, 5.74) is 0. The van der Waals surface area contributed by atoms with Gasteiger partial charge >= 0.3 is 0 Å². The summed E-state index contributed by atoms with van der Waals surface area (Å²) in [6.45, 7) is 4.85. The van der Waals surface area contributed by atoms with Gasteiger partial charge in [-0.05, 0) is 24.7 Å². The van der Waals surface area contributed by atoms with Crippen molar-refractivity contribution in [2.75, 3.05) is 18.8 Å². The van der Waals surface area contributed by atoms with Crippen molar-refractivity contribution in [3.05, 3.63) is 0 Å². The zero-order valence-electron chi connectivity index (χ0n) is 10.0. The lowest BCUT2D eigenvalue weighted by molar-refractivity contribution is 0.372. The van der Waals surface area contributed by atoms with Crippen LogP contribution in [-0.4, -0.2) is 31.6 Å². The van der Waals surface area contributed by atoms with Gasteiger partial charge in [0.1, 0.15) is 0 Å². The Bertz CT molecular complexity index is 353. The number of hydrogen-bond donors (Lipinski definition) is 0. The first-order valence-electron chi connectivity index (χ1n) is 5.80. The van der Waals surface area contributed by atoms with Gasteiger partial charge in [0.2, 0.25) is 10.0 Å². The van der Waals surface area contributed by atoms with Crippen LogP contribution >= 0.6 is 0 Å². The molecule has 5 heteroatoms. The Balaban J connectivity index is 2.61. The van der Waals surface area contributed by atoms with Gasteiger partial charge in [0.25, 0.3) is 0 Å². The number of nitrogens with zero attached hydrogens (tertiary/aromatic N) is 2. The first-order chi connectivity index (χ1) is 7.45. The first-order valence-corrected chi connectivity index (χ1v) is 7.41. The smallest absolute Gasteiger partial charge is 0.212 e. The quantitative estimate of drug-likeness (QED) is 0.683. The molecular weight excluding hydrogens is 224 g/mol. The molecule has 0 N–H and O–H groups in total. The van der Waals surface area contributed by atoms with Crippen LogP contribution in [-0.2, 0) is 10.0 Å². The third kappa shape index (κ3) is 4.50. The van der Waals surface area contributed by atoms with Crippen LogP contribution in [0.1, 0.15) is 33.1 Å². The number of rotatable bonds is 7. The Morgan fingerprint density at radius 2 is 2.06 bits per heavy atom. The van der Waals surface area contributed by atoms with E-state index in [0.29, 0.717) is 24.9 Å². The number of sulfonamides is 1. The maximum absolute atomic E-state index is 12.0. The molecule has 16 heavy (non-hydrogen) atoms. The van der Waals surface area contributed by atoms with E-state index >= 15 is 0 Å². The van der Waals surface area contributed by atoms with Crippen LogP contribution in [0.5, 0.6) is 0 Å². The van der Waals surface area contributed by atoms with Crippen LogP contribution in [0.2, 0.25) is 0 Å². The van der Waals surface area contributed by atoms with E-state index in [-0.39, 0.29) is 12.2 Å². The van der Waals surface area contributed by atoms with Crippen molar-refractivity contribution in [3.63, 3.8) is 0 Å². The van der Waals surface area contributed by atoms with Crippen molar-refractivity contribution in [1.82, 2.24) is 4.31 Å². The fraction of sp³-hybridized carbons (Fsp3) is 0.909. The molecule has 1 fully saturated rings. The molecule has 0 spiro atoms. The molecule has 4 nitrogen and oxygen atoms in total. The van der Waals surface area contributed by atoms with Crippen molar-refractivity contribution < 1.29 is 8.42 Å². The van der Waals surface area contributed by atoms with Gasteiger partial charge < -0.3 is 0 Å². The van der Waals surface area contributed by atoms with E-state index in [1.807, 2.05) is 19.9 Å². The van der Waals surface area contributed by atoms with Crippen molar-refractivity contribution in [2.45, 2.75) is 33.1 Å². The fourth-order valence-electron chi connectivity index (χ4n) is 1.61. The molecule has 0 aliphatic heterocycles. The SMILES string of the molecule is CC(C)CN(CCC#N)S(=O)(=O)CC1CC1. The molecule has 0 aromatic heterocycles. The van der Waals surface area contributed by atoms with Crippen molar-refractivity contribution in [3.8, 4) is 6.07 Å². The minimum absolute atomic E-state index is 0.269. The molecule has 1 rings (SSSR count). The van der Waals surface area contributed by atoms with E-state index in [9.17, 15) is 8.42 Å². The highest BCUT2D eigenvalue weighted by molar-refractivity contribution is 7.89. The second-order valence-electron chi connectivity index (χ2n) is 4.88. The van der Waals surface area contributed by atoms with Crippen molar-refractivity contribution >= 4 is 10.0 Å². The molecule has 1 aliphatic rings. The van der Waals surface area contributed by atoms with Gasteiger partial charge in [-0.1, -0.05) is 13.8 Å². The predicted octanol–water partition coefficient (Wildman–Crippen LogP) is 1.60. The Morgan fingerprint density at radius 3 is 2.50 bits per heavy atom. The first kappa shape index (κ1) is 13.5. The van der Waals surface area contributed by atoms with Gasteiger partial charge in [0.05, 0.1) is 11.8 Å². The Morgan fingerprint density at radius 1 is 1.44 bits per heavy atom. The van der Waals surface area contributed by atoms with E-state index in [1.54, 1.807) is 0 Å². The monoisotopic (exact) mass is 244 g/mol. The second-order valence-corrected chi connectivity index (χ2v) is 6.90. The normalized spacial score (nSPS) is 16.7. The summed E-state index contributed by atoms with van der Waals surface area (Å²) in [6, 6.07) is 2.01. The summed E-state index contributed by atoms with van der Waals surface area (Å²) in [4.78, 5) is 0. The summed E-state index contributed by atoms with van der Waals surface area (Å²) in [7, 11) is -3.14. The molecule has 0 bridgehead atoms. The van der Waals surface area contributed by atoms with E-state index in [2.05, 4.69) is 0 Å². The maximum atomic E-state index is 12.0. The van der Waals surface area contributed by atoms with E-state index in [4.69, 9.17) is 5.26 Å². The van der Waals surface area contributed by atoms with E-state index in [1.165, 1.54) is 4.31 Å². The number of hydrogen-bond acceptors (Lipinski definition) is 3. The van der Waals surface area contributed by atoms with E-state index < -0.39 is 10.0 Å². The fourth-order valence-corrected chi connectivity index (χ4v) is 3.65. The Hall–Kier alpha value is -0.600. The lowest BCUT2D eigenvalue weighted by atomic mass is 10.2. The molecule has 92 valence electrons. The molecule has 0 aromatic carbocycles. The van der Waals surface area contributed by atoms with Crippen LogP contribution in [0.15, 0.2) is 0 Å². The van der Waals surface area contributed by atoms with Gasteiger partial charge in [-0.2, -0.15) is 5.26 Å². The zero-order chi connectivity index (χ0) is 12.2. The molecule has 1 aliphatic carbocycles. The summed E-state index contributed by atoms with van der Waals surface area (Å²) in [6.07, 6.45) is 2.34. The summed E-state index contributed by atoms with van der Waals surface area (Å²) >= 11 is 0. The molecule has 0 atom stereocenters. The minimum Gasteiger partial charge on any atom is -0.212 e. The topological polar surface area (TPSA) is 61.2 Å². The summed E-state index contributed by atoms with van der Waals surface area (Å²) in [5.74, 6) is 0.930. The molecule has 0 radical (unpaired) electrons. The third-order valence-corrected chi connectivity index (χ3v) is 4.59. The summed E-state index contributed by atoms with van der Waals surface area (Å²) in [5, 5.41) is 8.54. The average Bonchev–Trinajstić information content (AvgIpc) is 2.94. The van der Waals surface area contributed by atoms with Crippen molar-refractivity contribution in [2.24, 2.45) is 11.8 Å². The number of nitriles is 1. The molecule has 0 aromatic rings. The van der Waals surface area contributed by atoms with Gasteiger partial charge in [-0.25, -0.2) is 12.7 Å². The van der Waals surface area contributed by atoms with Crippen LogP contribution in [0.3, 0.4) is 0 Å². The second kappa shape index (κ2) is 5.65. The van der Waals surface area contributed by atoms with Gasteiger partial charge in [-0.15, -0.1) is 0 Å². The van der Waals surface area contributed by atoms with Gasteiger partial charge in [-0.3, -0.25) is 0 Å². The van der Waals surface area contributed by atoms with Crippen molar-refractivity contribution in [1.29, 1.82) is 5.26 Å².